The molecule has 0 radical (unpaired) electrons. The summed E-state index contributed by atoms with van der Waals surface area (Å²) in [6.07, 6.45) is 0.148. The summed E-state index contributed by atoms with van der Waals surface area (Å²) in [7, 11) is 8.57. The Morgan fingerprint density at radius 3 is 2.02 bits per heavy atom. The predicted molar refractivity (Wildman–Crippen MR) is 204 cm³/mol. The minimum absolute atomic E-state index is 0.0153. The standard InChI is InChI=1S/C40H69N5O7/c1-14-26(6)35(44(11)40(50)33(24(2)3)42-39(49)34(25(4)5)43(9)10)31(51-12)23-32(46)45-22-18-21-30(45)37(52-13)27(7)38(48)41-28(8)36(47)29-19-16-15-17-20-29/h15-17,19-20,24-28,30-31,33-37,47H,14,18,21-23H2,1-13H3,(H,41,48)(H,42,49)/t26?,27-,28-,30+,31?,33+,34+,35+,36-,37-/m1/s1. The molecule has 10 atom stereocenters. The van der Waals surface area contributed by atoms with E-state index in [2.05, 4.69) is 10.6 Å². The number of aliphatic hydroxyl groups is 1. The third-order valence-electron chi connectivity index (χ3n) is 10.9. The Morgan fingerprint density at radius 1 is 0.904 bits per heavy atom. The highest BCUT2D eigenvalue weighted by Gasteiger charge is 2.43. The SMILES string of the molecule is CCC(C)[C@@H](C(CC(=O)N1CCC[C@H]1[C@H](OC)[C@@H](C)C(=O)N[C@H](C)[C@@H](O)c1ccccc1)OC)N(C)C(=O)[C@@H](NC(=O)[C@H](C(C)C)N(C)C)C(C)C. The van der Waals surface area contributed by atoms with Crippen molar-refractivity contribution in [2.75, 3.05) is 41.9 Å². The summed E-state index contributed by atoms with van der Waals surface area (Å²) >= 11 is 0. The number of hydrogen-bond donors (Lipinski definition) is 3. The number of nitrogens with zero attached hydrogens (tertiary/aromatic N) is 3. The second-order valence-electron chi connectivity index (χ2n) is 15.6. The average Bonchev–Trinajstić information content (AvgIpc) is 3.59. The first kappa shape index (κ1) is 45.1. The molecule has 1 heterocycles. The van der Waals surface area contributed by atoms with Crippen LogP contribution in [0.1, 0.15) is 92.7 Å². The molecule has 3 N–H and O–H groups in total. The van der Waals surface area contributed by atoms with E-state index >= 15 is 0 Å². The number of ether oxygens (including phenoxy) is 2. The van der Waals surface area contributed by atoms with Crippen LogP contribution in [0.2, 0.25) is 0 Å². The molecule has 2 unspecified atom stereocenters. The van der Waals surface area contributed by atoms with Crippen molar-refractivity contribution in [1.29, 1.82) is 0 Å². The van der Waals surface area contributed by atoms with Crippen molar-refractivity contribution in [3.8, 4) is 0 Å². The fourth-order valence-electron chi connectivity index (χ4n) is 7.78. The van der Waals surface area contributed by atoms with Crippen LogP contribution in [0.4, 0.5) is 0 Å². The second kappa shape index (κ2) is 21.0. The maximum atomic E-state index is 14.2. The molecule has 1 aromatic carbocycles. The predicted octanol–water partition coefficient (Wildman–Crippen LogP) is 3.87. The highest BCUT2D eigenvalue weighted by molar-refractivity contribution is 5.90. The zero-order chi connectivity index (χ0) is 39.4. The van der Waals surface area contributed by atoms with E-state index in [1.165, 1.54) is 0 Å². The van der Waals surface area contributed by atoms with E-state index in [9.17, 15) is 24.3 Å². The smallest absolute Gasteiger partial charge is 0.245 e. The van der Waals surface area contributed by atoms with Gasteiger partial charge in [-0.2, -0.15) is 0 Å². The van der Waals surface area contributed by atoms with Crippen molar-refractivity contribution in [3.05, 3.63) is 35.9 Å². The monoisotopic (exact) mass is 732 g/mol. The summed E-state index contributed by atoms with van der Waals surface area (Å²) in [5.74, 6) is -1.57. The summed E-state index contributed by atoms with van der Waals surface area (Å²) in [6.45, 7) is 16.0. The summed E-state index contributed by atoms with van der Waals surface area (Å²) in [5, 5.41) is 16.8. The maximum Gasteiger partial charge on any atom is 0.245 e. The first-order valence-electron chi connectivity index (χ1n) is 19.0. The van der Waals surface area contributed by atoms with Crippen LogP contribution in [0.5, 0.6) is 0 Å². The van der Waals surface area contributed by atoms with Gasteiger partial charge in [-0.15, -0.1) is 0 Å². The van der Waals surface area contributed by atoms with Gasteiger partial charge in [0.15, 0.2) is 0 Å². The molecule has 12 heteroatoms. The van der Waals surface area contributed by atoms with Gasteiger partial charge in [0.05, 0.1) is 54.8 Å². The van der Waals surface area contributed by atoms with Gasteiger partial charge in [-0.25, -0.2) is 0 Å². The Hall–Kier alpha value is -3.06. The van der Waals surface area contributed by atoms with Gasteiger partial charge in [-0.1, -0.05) is 85.2 Å². The van der Waals surface area contributed by atoms with E-state index in [4.69, 9.17) is 9.47 Å². The van der Waals surface area contributed by atoms with Crippen molar-refractivity contribution in [3.63, 3.8) is 0 Å². The van der Waals surface area contributed by atoms with Crippen molar-refractivity contribution in [2.45, 2.75) is 130 Å². The zero-order valence-electron chi connectivity index (χ0n) is 34.1. The van der Waals surface area contributed by atoms with E-state index in [0.29, 0.717) is 18.5 Å². The molecule has 0 aromatic heterocycles. The van der Waals surface area contributed by atoms with Gasteiger partial charge in [-0.05, 0) is 57.2 Å². The molecule has 0 spiro atoms. The number of hydrogen-bond acceptors (Lipinski definition) is 8. The number of benzene rings is 1. The lowest BCUT2D eigenvalue weighted by atomic mass is 9.89. The second-order valence-corrected chi connectivity index (χ2v) is 15.6. The van der Waals surface area contributed by atoms with Crippen molar-refractivity contribution in [1.82, 2.24) is 25.3 Å². The number of carbonyl (C=O) groups excluding carboxylic acids is 4. The summed E-state index contributed by atoms with van der Waals surface area (Å²) < 4.78 is 11.9. The molecule has 0 aliphatic carbocycles. The van der Waals surface area contributed by atoms with Crippen LogP contribution in [0.15, 0.2) is 30.3 Å². The number of carbonyl (C=O) groups is 4. The molecule has 52 heavy (non-hydrogen) atoms. The van der Waals surface area contributed by atoms with E-state index in [1.807, 2.05) is 90.9 Å². The first-order chi connectivity index (χ1) is 24.4. The molecular formula is C40H69N5O7. The fourth-order valence-corrected chi connectivity index (χ4v) is 7.78. The van der Waals surface area contributed by atoms with Gasteiger partial charge in [-0.3, -0.25) is 24.1 Å². The molecule has 0 saturated carbocycles. The van der Waals surface area contributed by atoms with Crippen LogP contribution in [0, 0.1) is 23.7 Å². The Morgan fingerprint density at radius 2 is 1.52 bits per heavy atom. The van der Waals surface area contributed by atoms with Gasteiger partial charge in [0.1, 0.15) is 6.04 Å². The van der Waals surface area contributed by atoms with E-state index in [1.54, 1.807) is 44.9 Å². The van der Waals surface area contributed by atoms with Gasteiger partial charge in [0.2, 0.25) is 23.6 Å². The molecule has 0 bridgehead atoms. The third kappa shape index (κ3) is 11.5. The quantitative estimate of drug-likeness (QED) is 0.184. The summed E-state index contributed by atoms with van der Waals surface area (Å²) in [6, 6.07) is 6.72. The molecule has 296 valence electrons. The Kier molecular flexibility index (Phi) is 18.2. The number of aliphatic hydroxyl groups excluding tert-OH is 1. The van der Waals surface area contributed by atoms with Crippen LogP contribution in [0.3, 0.4) is 0 Å². The fraction of sp³-hybridized carbons (Fsp3) is 0.750. The van der Waals surface area contributed by atoms with Crippen molar-refractivity contribution < 1.29 is 33.8 Å². The van der Waals surface area contributed by atoms with Crippen LogP contribution in [-0.4, -0.2) is 128 Å². The number of likely N-dealkylation sites (tertiary alicyclic amines) is 1. The van der Waals surface area contributed by atoms with Crippen LogP contribution in [-0.2, 0) is 28.7 Å². The minimum Gasteiger partial charge on any atom is -0.386 e. The molecule has 1 aliphatic rings. The minimum atomic E-state index is -0.876. The lowest BCUT2D eigenvalue weighted by Crippen LogP contribution is -2.59. The van der Waals surface area contributed by atoms with Crippen LogP contribution in [0.25, 0.3) is 0 Å². The van der Waals surface area contributed by atoms with Gasteiger partial charge < -0.3 is 35.0 Å². The van der Waals surface area contributed by atoms with Gasteiger partial charge in [0.25, 0.3) is 0 Å². The number of methoxy groups -OCH3 is 2. The third-order valence-corrected chi connectivity index (χ3v) is 10.9. The Balaban J connectivity index is 2.25. The van der Waals surface area contributed by atoms with E-state index in [-0.39, 0.29) is 53.8 Å². The number of likely N-dealkylation sites (N-methyl/N-ethyl adjacent to an activating group) is 2. The largest absolute Gasteiger partial charge is 0.386 e. The topological polar surface area (TPSA) is 141 Å². The molecule has 1 aromatic rings. The maximum absolute atomic E-state index is 14.2. The van der Waals surface area contributed by atoms with Gasteiger partial charge >= 0.3 is 0 Å². The molecule has 1 saturated heterocycles. The Labute approximate surface area is 313 Å². The summed E-state index contributed by atoms with van der Waals surface area (Å²) in [4.78, 5) is 60.6. The molecule has 4 amide bonds. The van der Waals surface area contributed by atoms with Crippen molar-refractivity contribution >= 4 is 23.6 Å². The lowest BCUT2D eigenvalue weighted by Gasteiger charge is -2.41. The zero-order valence-corrected chi connectivity index (χ0v) is 34.1. The average molecular weight is 732 g/mol. The van der Waals surface area contributed by atoms with Crippen molar-refractivity contribution in [2.24, 2.45) is 23.7 Å². The molecular weight excluding hydrogens is 662 g/mol. The normalized spacial score (nSPS) is 20.1. The Bertz CT molecular complexity index is 1270. The molecule has 2 rings (SSSR count). The highest BCUT2D eigenvalue weighted by Crippen LogP contribution is 2.30. The number of amides is 4. The van der Waals surface area contributed by atoms with E-state index < -0.39 is 48.4 Å². The number of rotatable bonds is 20. The first-order valence-corrected chi connectivity index (χ1v) is 19.0. The van der Waals surface area contributed by atoms with Crippen LogP contribution >= 0.6 is 0 Å². The molecule has 1 aliphatic heterocycles. The highest BCUT2D eigenvalue weighted by atomic mass is 16.5. The van der Waals surface area contributed by atoms with Crippen LogP contribution < -0.4 is 10.6 Å². The lowest BCUT2D eigenvalue weighted by molar-refractivity contribution is -0.148. The molecule has 1 fully saturated rings. The van der Waals surface area contributed by atoms with E-state index in [0.717, 1.165) is 12.8 Å². The molecule has 12 nitrogen and oxygen atoms in total. The van der Waals surface area contributed by atoms with Gasteiger partial charge in [0, 0.05) is 27.8 Å². The number of nitrogens with one attached hydrogen (secondary N) is 2. The summed E-state index contributed by atoms with van der Waals surface area (Å²) in [5.41, 5.74) is 0.711.